The quantitative estimate of drug-likeness (QED) is 0.0519. The molecule has 16 nitrogen and oxygen atoms in total. The van der Waals surface area contributed by atoms with Gasteiger partial charge in [0.2, 0.25) is 0 Å². The molecule has 3 aliphatic carbocycles. The van der Waals surface area contributed by atoms with Gasteiger partial charge in [-0.3, -0.25) is 19.8 Å². The van der Waals surface area contributed by atoms with E-state index in [1.54, 1.807) is 18.3 Å². The summed E-state index contributed by atoms with van der Waals surface area (Å²) in [6.45, 7) is 9.28. The van der Waals surface area contributed by atoms with Crippen LogP contribution in [0.3, 0.4) is 0 Å². The lowest BCUT2D eigenvalue weighted by Gasteiger charge is -2.56. The number of carbonyl (C=O) groups is 1. The lowest BCUT2D eigenvalue weighted by molar-refractivity contribution is -0.384. The number of piperidine rings is 1. The van der Waals surface area contributed by atoms with E-state index in [2.05, 4.69) is 62.9 Å². The first kappa shape index (κ1) is 48.5. The molecule has 2 atom stereocenters. The number of rotatable bonds is 14. The summed E-state index contributed by atoms with van der Waals surface area (Å²) in [5.41, 5.74) is 3.28. The number of amides is 1. The number of H-pyrrole nitrogens is 1. The molecule has 6 aliphatic rings. The molecule has 72 heavy (non-hydrogen) atoms. The summed E-state index contributed by atoms with van der Waals surface area (Å²) < 4.78 is 43.3. The molecule has 5 fully saturated rings. The number of aromatic amines is 1. The number of ether oxygens (including phenoxy) is 2. The van der Waals surface area contributed by atoms with Crippen molar-refractivity contribution in [2.24, 2.45) is 11.3 Å². The molecule has 2 saturated heterocycles. The fourth-order valence-electron chi connectivity index (χ4n) is 12.5. The van der Waals surface area contributed by atoms with Crippen LogP contribution >= 0.6 is 0 Å². The summed E-state index contributed by atoms with van der Waals surface area (Å²) >= 11 is 0. The van der Waals surface area contributed by atoms with Gasteiger partial charge in [0.05, 0.1) is 38.3 Å². The number of anilines is 2. The zero-order chi connectivity index (χ0) is 50.2. The standard InChI is InChI=1S/C55H67N7O9S/c1-34(2)40-7-4-5-8-41(40)45-9-6-24-61(45)38-31-54(32-38)21-25-60(26-22-54)37-10-11-42(47(28-37)71-48-27-36-15-23-56-51(36)58-43(48)14-18-55(65)19-20-55)52(63)59-72(68,69)39-29-46(62(66)67)50-49(30-39)70-33-44(57-50)35-12-16-53(3,64)17-13-35/h4-5,7-8,10-11,15,23,27-30,34-35,38,44-45,57,64-65H,6,9,12-14,16-22,24-26,31-33H2,1-3H3,(H,56,58)(H,59,63)/t35-,44-,45-,53-/m1/s1. The van der Waals surface area contributed by atoms with Crippen LogP contribution < -0.4 is 24.4 Å². The van der Waals surface area contributed by atoms with Crippen LogP contribution in [0, 0.1) is 21.4 Å². The Morgan fingerprint density at radius 1 is 0.972 bits per heavy atom. The van der Waals surface area contributed by atoms with Gasteiger partial charge in [-0.05, 0) is 156 Å². The highest BCUT2D eigenvalue weighted by atomic mass is 32.2. The third kappa shape index (κ3) is 9.64. The molecule has 0 bridgehead atoms. The van der Waals surface area contributed by atoms with Gasteiger partial charge in [0.15, 0.2) is 11.4 Å². The molecule has 382 valence electrons. The number of benzene rings is 3. The third-order valence-electron chi connectivity index (χ3n) is 17.1. The number of likely N-dealkylation sites (tertiary alicyclic amines) is 1. The van der Waals surface area contributed by atoms with E-state index in [0.717, 1.165) is 49.6 Å². The first-order valence-electron chi connectivity index (χ1n) is 26.1. The molecule has 11 rings (SSSR count). The van der Waals surface area contributed by atoms with E-state index in [1.807, 2.05) is 25.1 Å². The van der Waals surface area contributed by atoms with Crippen molar-refractivity contribution in [3.8, 4) is 17.2 Å². The van der Waals surface area contributed by atoms with E-state index in [1.165, 1.54) is 42.9 Å². The number of nitro benzene ring substituents is 1. The monoisotopic (exact) mass is 1000 g/mol. The van der Waals surface area contributed by atoms with Crippen LogP contribution in [0.25, 0.3) is 11.0 Å². The van der Waals surface area contributed by atoms with Gasteiger partial charge in [0.25, 0.3) is 21.6 Å². The van der Waals surface area contributed by atoms with Crippen LogP contribution in [0.4, 0.5) is 17.1 Å². The van der Waals surface area contributed by atoms with Gasteiger partial charge in [-0.15, -0.1) is 0 Å². The first-order chi connectivity index (χ1) is 34.4. The second-order valence-electron chi connectivity index (χ2n) is 22.5. The average Bonchev–Trinajstić information content (AvgIpc) is 3.65. The maximum atomic E-state index is 14.4. The maximum absolute atomic E-state index is 14.4. The molecule has 3 saturated carbocycles. The fourth-order valence-corrected chi connectivity index (χ4v) is 13.5. The zero-order valence-corrected chi connectivity index (χ0v) is 42.3. The molecule has 0 radical (unpaired) electrons. The average molecular weight is 1000 g/mol. The van der Waals surface area contributed by atoms with Crippen molar-refractivity contribution in [2.45, 2.75) is 151 Å². The minimum atomic E-state index is -4.71. The summed E-state index contributed by atoms with van der Waals surface area (Å²) in [5, 5.41) is 37.8. The molecule has 5 N–H and O–H groups in total. The topological polar surface area (TPSA) is 212 Å². The largest absolute Gasteiger partial charge is 0.489 e. The van der Waals surface area contributed by atoms with E-state index in [4.69, 9.17) is 14.5 Å². The van der Waals surface area contributed by atoms with Crippen LogP contribution in [0.5, 0.6) is 17.2 Å². The van der Waals surface area contributed by atoms with Crippen LogP contribution in [-0.2, 0) is 16.4 Å². The highest BCUT2D eigenvalue weighted by Crippen LogP contribution is 2.55. The number of hydrogen-bond donors (Lipinski definition) is 5. The van der Waals surface area contributed by atoms with E-state index < -0.39 is 42.6 Å². The van der Waals surface area contributed by atoms with Gasteiger partial charge in [0, 0.05) is 60.6 Å². The normalized spacial score (nSPS) is 24.9. The molecule has 5 aromatic rings. The second-order valence-corrected chi connectivity index (χ2v) is 24.2. The zero-order valence-electron chi connectivity index (χ0n) is 41.5. The smallest absolute Gasteiger partial charge is 0.297 e. The van der Waals surface area contributed by atoms with Crippen molar-refractivity contribution < 1.29 is 37.8 Å². The van der Waals surface area contributed by atoms with E-state index in [-0.39, 0.29) is 46.7 Å². The number of nitrogens with one attached hydrogen (secondary N) is 3. The Hall–Kier alpha value is -5.75. The summed E-state index contributed by atoms with van der Waals surface area (Å²) in [6.07, 6.45) is 13.5. The van der Waals surface area contributed by atoms with Crippen molar-refractivity contribution in [1.82, 2.24) is 19.6 Å². The number of aliphatic hydroxyl groups is 2. The van der Waals surface area contributed by atoms with Crippen LogP contribution in [0.1, 0.15) is 143 Å². The second kappa shape index (κ2) is 18.6. The Balaban J connectivity index is 0.840. The van der Waals surface area contributed by atoms with E-state index in [9.17, 15) is 33.5 Å². The molecular formula is C55H67N7O9S. The number of aryl methyl sites for hydroxylation is 1. The number of pyridine rings is 1. The minimum absolute atomic E-state index is 0.00567. The number of hydrogen-bond acceptors (Lipinski definition) is 13. The molecule has 17 heteroatoms. The van der Waals surface area contributed by atoms with Gasteiger partial charge < -0.3 is 34.9 Å². The molecule has 0 unspecified atom stereocenters. The van der Waals surface area contributed by atoms with Crippen LogP contribution in [-0.4, -0.2) is 93.9 Å². The summed E-state index contributed by atoms with van der Waals surface area (Å²) in [5.74, 6) is 0.0816. The van der Waals surface area contributed by atoms with Gasteiger partial charge >= 0.3 is 0 Å². The Morgan fingerprint density at radius 2 is 1.74 bits per heavy atom. The van der Waals surface area contributed by atoms with Crippen molar-refractivity contribution in [2.75, 3.05) is 36.5 Å². The van der Waals surface area contributed by atoms with Crippen molar-refractivity contribution in [3.63, 3.8) is 0 Å². The van der Waals surface area contributed by atoms with Crippen molar-refractivity contribution >= 4 is 44.0 Å². The summed E-state index contributed by atoms with van der Waals surface area (Å²) in [7, 11) is -4.71. The summed E-state index contributed by atoms with van der Waals surface area (Å²) in [4.78, 5) is 38.9. The number of nitrogens with zero attached hydrogens (tertiary/aromatic N) is 4. The lowest BCUT2D eigenvalue weighted by Crippen LogP contribution is -2.54. The molecule has 1 spiro atoms. The number of carbonyl (C=O) groups excluding carboxylic acids is 1. The molecule has 3 aliphatic heterocycles. The first-order valence-corrected chi connectivity index (χ1v) is 27.5. The van der Waals surface area contributed by atoms with Crippen LogP contribution in [0.15, 0.2) is 77.8 Å². The van der Waals surface area contributed by atoms with Gasteiger partial charge in [0.1, 0.15) is 23.8 Å². The third-order valence-corrected chi connectivity index (χ3v) is 18.4. The number of fused-ring (bicyclic) bond motifs is 2. The predicted octanol–water partition coefficient (Wildman–Crippen LogP) is 9.66. The Bertz CT molecular complexity index is 3000. The Labute approximate surface area is 421 Å². The van der Waals surface area contributed by atoms with Crippen molar-refractivity contribution in [3.05, 3.63) is 105 Å². The Morgan fingerprint density at radius 3 is 2.47 bits per heavy atom. The molecule has 3 aromatic carbocycles. The predicted molar refractivity (Wildman–Crippen MR) is 274 cm³/mol. The lowest BCUT2D eigenvalue weighted by atomic mass is 9.59. The van der Waals surface area contributed by atoms with Gasteiger partial charge in [-0.25, -0.2) is 18.1 Å². The van der Waals surface area contributed by atoms with Gasteiger partial charge in [-0.1, -0.05) is 38.1 Å². The minimum Gasteiger partial charge on any atom is -0.489 e. The Kier molecular flexibility index (Phi) is 12.6. The molecule has 1 amide bonds. The highest BCUT2D eigenvalue weighted by molar-refractivity contribution is 7.90. The molecule has 2 aromatic heterocycles. The number of sulfonamides is 1. The molecule has 5 heterocycles. The number of nitro groups is 1. The highest BCUT2D eigenvalue weighted by Gasteiger charge is 2.50. The van der Waals surface area contributed by atoms with E-state index >= 15 is 0 Å². The SMILES string of the molecule is CC(C)c1ccccc1[C@H]1CCCN1C1CC2(CCN(c3ccc(C(=O)NS(=O)(=O)c4cc5c(c([N+](=O)[O-])c4)N[C@@H]([C@H]4CC[C@](C)(O)CC4)CO5)c(Oc4cc5cc[nH]c5nc4CCC4(O)CC4)c3)CC2)C1. The van der Waals surface area contributed by atoms with Crippen LogP contribution in [0.2, 0.25) is 0 Å². The van der Waals surface area contributed by atoms with Crippen molar-refractivity contribution in [1.29, 1.82) is 0 Å². The van der Waals surface area contributed by atoms with Gasteiger partial charge in [-0.2, -0.15) is 0 Å². The van der Waals surface area contributed by atoms with E-state index in [0.29, 0.717) is 86.5 Å². The number of aromatic nitrogens is 2. The molecular weight excluding hydrogens is 935 g/mol. The maximum Gasteiger partial charge on any atom is 0.297 e. The summed E-state index contributed by atoms with van der Waals surface area (Å²) in [6, 6.07) is 20.8. The fraction of sp³-hybridized carbons (Fsp3) is 0.527.